The number of aromatic nitrogens is 2. The Hall–Kier alpha value is -3.53. The summed E-state index contributed by atoms with van der Waals surface area (Å²) >= 11 is 6.02. The van der Waals surface area contributed by atoms with Crippen molar-refractivity contribution in [2.75, 3.05) is 0 Å². The van der Waals surface area contributed by atoms with E-state index in [1.165, 1.54) is 30.3 Å². The highest BCUT2D eigenvalue weighted by Gasteiger charge is 2.31. The van der Waals surface area contributed by atoms with Crippen LogP contribution in [0.2, 0.25) is 5.02 Å². The van der Waals surface area contributed by atoms with Gasteiger partial charge in [0.25, 0.3) is 5.56 Å². The maximum absolute atomic E-state index is 13.0. The van der Waals surface area contributed by atoms with Gasteiger partial charge in [-0.15, -0.1) is 13.2 Å². The Labute approximate surface area is 186 Å². The summed E-state index contributed by atoms with van der Waals surface area (Å²) in [6, 6.07) is 13.0. The summed E-state index contributed by atoms with van der Waals surface area (Å²) in [4.78, 5) is 13.0. The molecule has 0 saturated carbocycles. The highest BCUT2D eigenvalue weighted by Crippen LogP contribution is 2.32. The van der Waals surface area contributed by atoms with Crippen molar-refractivity contribution < 1.29 is 31.1 Å². The minimum atomic E-state index is -4.92. The van der Waals surface area contributed by atoms with Gasteiger partial charge in [0, 0.05) is 16.0 Å². The van der Waals surface area contributed by atoms with Crippen LogP contribution in [0.4, 0.5) is 26.3 Å². The number of halogens is 7. The molecule has 0 aliphatic carbocycles. The molecule has 0 fully saturated rings. The third-order valence-corrected chi connectivity index (χ3v) is 4.87. The number of hydrogen-bond acceptors (Lipinski definition) is 3. The lowest BCUT2D eigenvalue weighted by molar-refractivity contribution is -0.274. The molecular weight excluding hydrogens is 474 g/mol. The Balaban J connectivity index is 1.94. The zero-order chi connectivity index (χ0) is 24.0. The van der Waals surface area contributed by atoms with Crippen LogP contribution >= 0.6 is 11.6 Å². The van der Waals surface area contributed by atoms with Gasteiger partial charge in [0.1, 0.15) is 5.75 Å². The van der Waals surface area contributed by atoms with E-state index in [0.29, 0.717) is 0 Å². The van der Waals surface area contributed by atoms with Gasteiger partial charge in [0.15, 0.2) is 0 Å². The Morgan fingerprint density at radius 3 is 2.18 bits per heavy atom. The molecule has 3 aromatic carbocycles. The van der Waals surface area contributed by atoms with Gasteiger partial charge in [-0.3, -0.25) is 4.79 Å². The first-order valence-corrected chi connectivity index (χ1v) is 9.56. The zero-order valence-corrected chi connectivity index (χ0v) is 17.0. The molecule has 4 rings (SSSR count). The van der Waals surface area contributed by atoms with Crippen LogP contribution < -0.4 is 10.3 Å². The van der Waals surface area contributed by atoms with E-state index in [9.17, 15) is 31.1 Å². The van der Waals surface area contributed by atoms with Gasteiger partial charge < -0.3 is 4.74 Å². The van der Waals surface area contributed by atoms with Crippen LogP contribution in [0.25, 0.3) is 27.7 Å². The maximum Gasteiger partial charge on any atom is 0.573 e. The summed E-state index contributed by atoms with van der Waals surface area (Å²) in [7, 11) is 0. The molecule has 0 atom stereocenters. The van der Waals surface area contributed by atoms with E-state index >= 15 is 0 Å². The number of rotatable bonds is 3. The highest BCUT2D eigenvalue weighted by atomic mass is 35.5. The van der Waals surface area contributed by atoms with Crippen molar-refractivity contribution in [1.82, 2.24) is 9.78 Å². The summed E-state index contributed by atoms with van der Waals surface area (Å²) in [6.07, 6.45) is -9.49. The molecule has 0 N–H and O–H groups in total. The standard InChI is InChI=1S/C22H11ClF6N2O2/c23-14-6-9-17-18(11-14)20(32)31(15-7-4-13(5-8-15)21(24,25)26)30-19(17)12-2-1-3-16(10-12)33-22(27,28)29/h1-11H. The molecule has 0 spiro atoms. The Morgan fingerprint density at radius 2 is 1.55 bits per heavy atom. The molecule has 0 unspecified atom stereocenters. The predicted octanol–water partition coefficient (Wildman–Crippen LogP) is 6.62. The first-order valence-electron chi connectivity index (χ1n) is 9.19. The number of hydrogen-bond donors (Lipinski definition) is 0. The molecule has 0 saturated heterocycles. The second-order valence-electron chi connectivity index (χ2n) is 6.88. The van der Waals surface area contributed by atoms with E-state index in [4.69, 9.17) is 11.6 Å². The SMILES string of the molecule is O=c1c2cc(Cl)ccc2c(-c2cccc(OC(F)(F)F)c2)nn1-c1ccc(C(F)(F)F)cc1. The van der Waals surface area contributed by atoms with E-state index < -0.39 is 29.4 Å². The molecule has 4 nitrogen and oxygen atoms in total. The average molecular weight is 485 g/mol. The van der Waals surface area contributed by atoms with Gasteiger partial charge in [-0.1, -0.05) is 29.8 Å². The average Bonchev–Trinajstić information content (AvgIpc) is 2.73. The Kier molecular flexibility index (Phi) is 5.57. The molecule has 170 valence electrons. The third kappa shape index (κ3) is 4.80. The van der Waals surface area contributed by atoms with Gasteiger partial charge in [-0.2, -0.15) is 23.0 Å². The van der Waals surface area contributed by atoms with Crippen LogP contribution in [0, 0.1) is 0 Å². The Bertz CT molecular complexity index is 1400. The van der Waals surface area contributed by atoms with Crippen molar-refractivity contribution >= 4 is 22.4 Å². The third-order valence-electron chi connectivity index (χ3n) is 4.64. The summed E-state index contributed by atoms with van der Waals surface area (Å²) < 4.78 is 81.5. The fourth-order valence-corrected chi connectivity index (χ4v) is 3.41. The molecule has 0 aliphatic heterocycles. The molecule has 0 aliphatic rings. The molecule has 4 aromatic rings. The van der Waals surface area contributed by atoms with E-state index in [0.717, 1.165) is 41.1 Å². The lowest BCUT2D eigenvalue weighted by atomic mass is 10.0. The number of fused-ring (bicyclic) bond motifs is 1. The number of alkyl halides is 6. The lowest BCUT2D eigenvalue weighted by Gasteiger charge is -2.14. The molecule has 11 heteroatoms. The molecular formula is C22H11ClF6N2O2. The van der Waals surface area contributed by atoms with Gasteiger partial charge in [-0.05, 0) is 48.5 Å². The quantitative estimate of drug-likeness (QED) is 0.307. The summed E-state index contributed by atoms with van der Waals surface area (Å²) in [5, 5.41) is 4.82. The van der Waals surface area contributed by atoms with E-state index in [1.807, 2.05) is 0 Å². The van der Waals surface area contributed by atoms with Crippen molar-refractivity contribution in [1.29, 1.82) is 0 Å². The Morgan fingerprint density at radius 1 is 0.848 bits per heavy atom. The highest BCUT2D eigenvalue weighted by molar-refractivity contribution is 6.31. The fraction of sp³-hybridized carbons (Fsp3) is 0.0909. The second kappa shape index (κ2) is 8.11. The summed E-state index contributed by atoms with van der Waals surface area (Å²) in [5.74, 6) is -0.504. The van der Waals surface area contributed by atoms with Crippen LogP contribution in [-0.4, -0.2) is 16.1 Å². The molecule has 0 radical (unpaired) electrons. The largest absolute Gasteiger partial charge is 0.573 e. The van der Waals surface area contributed by atoms with Crippen molar-refractivity contribution in [2.45, 2.75) is 12.5 Å². The number of nitrogens with zero attached hydrogens (tertiary/aromatic N) is 2. The number of benzene rings is 3. The van der Waals surface area contributed by atoms with Crippen LogP contribution in [0.5, 0.6) is 5.75 Å². The first kappa shape index (κ1) is 22.7. The smallest absolute Gasteiger partial charge is 0.406 e. The van der Waals surface area contributed by atoms with Gasteiger partial charge in [-0.25, -0.2) is 0 Å². The maximum atomic E-state index is 13.0. The zero-order valence-electron chi connectivity index (χ0n) is 16.2. The van der Waals surface area contributed by atoms with Crippen LogP contribution in [0.1, 0.15) is 5.56 Å². The minimum Gasteiger partial charge on any atom is -0.406 e. The predicted molar refractivity (Wildman–Crippen MR) is 109 cm³/mol. The van der Waals surface area contributed by atoms with Gasteiger partial charge in [0.2, 0.25) is 0 Å². The minimum absolute atomic E-state index is 0.0267. The van der Waals surface area contributed by atoms with Crippen molar-refractivity contribution in [3.63, 3.8) is 0 Å². The molecule has 0 amide bonds. The summed E-state index contributed by atoms with van der Waals surface area (Å²) in [5.41, 5.74) is -1.27. The second-order valence-corrected chi connectivity index (χ2v) is 7.31. The lowest BCUT2D eigenvalue weighted by Crippen LogP contribution is -2.22. The van der Waals surface area contributed by atoms with E-state index in [2.05, 4.69) is 9.84 Å². The normalized spacial score (nSPS) is 12.2. The first-order chi connectivity index (χ1) is 15.4. The van der Waals surface area contributed by atoms with Crippen molar-refractivity contribution in [3.8, 4) is 22.7 Å². The van der Waals surface area contributed by atoms with E-state index in [1.54, 1.807) is 0 Å². The number of ether oxygens (including phenoxy) is 1. The van der Waals surface area contributed by atoms with Gasteiger partial charge in [0.05, 0.1) is 22.3 Å². The van der Waals surface area contributed by atoms with Crippen LogP contribution in [-0.2, 0) is 6.18 Å². The summed E-state index contributed by atoms with van der Waals surface area (Å²) in [6.45, 7) is 0. The van der Waals surface area contributed by atoms with Crippen molar-refractivity contribution in [2.24, 2.45) is 0 Å². The van der Waals surface area contributed by atoms with Gasteiger partial charge >= 0.3 is 12.5 Å². The molecule has 33 heavy (non-hydrogen) atoms. The fourth-order valence-electron chi connectivity index (χ4n) is 3.23. The topological polar surface area (TPSA) is 44.1 Å². The molecule has 0 bridgehead atoms. The van der Waals surface area contributed by atoms with Crippen LogP contribution in [0.3, 0.4) is 0 Å². The van der Waals surface area contributed by atoms with Crippen molar-refractivity contribution in [3.05, 3.63) is 87.7 Å². The monoisotopic (exact) mass is 484 g/mol. The van der Waals surface area contributed by atoms with E-state index in [-0.39, 0.29) is 32.7 Å². The van der Waals surface area contributed by atoms with Crippen LogP contribution in [0.15, 0.2) is 71.5 Å². The molecule has 1 heterocycles. The molecule has 1 aromatic heterocycles.